The molecule has 27 heavy (non-hydrogen) atoms. The number of aryl methyl sites for hydroxylation is 1. The number of imidazole rings is 1. The molecule has 4 nitrogen and oxygen atoms in total. The predicted molar refractivity (Wildman–Crippen MR) is 107 cm³/mol. The molecule has 0 saturated heterocycles. The summed E-state index contributed by atoms with van der Waals surface area (Å²) in [5.74, 6) is 0.948. The van der Waals surface area contributed by atoms with E-state index in [1.165, 1.54) is 11.1 Å². The second kappa shape index (κ2) is 7.57. The number of hydrogen-bond acceptors (Lipinski definition) is 2. The molecule has 138 valence electrons. The van der Waals surface area contributed by atoms with Crippen LogP contribution in [-0.4, -0.2) is 26.4 Å². The molecule has 1 aromatic heterocycles. The average molecular weight is 380 g/mol. The van der Waals surface area contributed by atoms with Crippen molar-refractivity contribution in [1.82, 2.24) is 14.5 Å². The van der Waals surface area contributed by atoms with E-state index < -0.39 is 0 Å². The maximum absolute atomic E-state index is 13.0. The largest absolute Gasteiger partial charge is 0.329 e. The van der Waals surface area contributed by atoms with Crippen LogP contribution in [-0.2, 0) is 13.1 Å². The quantitative estimate of drug-likeness (QED) is 0.622. The minimum Gasteiger partial charge on any atom is -0.329 e. The van der Waals surface area contributed by atoms with Crippen molar-refractivity contribution in [2.75, 3.05) is 0 Å². The predicted octanol–water partition coefficient (Wildman–Crippen LogP) is 4.70. The van der Waals surface area contributed by atoms with Gasteiger partial charge < -0.3 is 9.47 Å². The molecule has 1 heterocycles. The van der Waals surface area contributed by atoms with Gasteiger partial charge in [-0.25, -0.2) is 4.98 Å². The summed E-state index contributed by atoms with van der Waals surface area (Å²) in [6, 6.07) is 15.9. The summed E-state index contributed by atoms with van der Waals surface area (Å²) in [5, 5.41) is 0.637. The second-order valence-corrected chi connectivity index (χ2v) is 7.56. The lowest BCUT2D eigenvalue weighted by molar-refractivity contribution is 0.0723. The van der Waals surface area contributed by atoms with E-state index in [0.717, 1.165) is 25.2 Å². The van der Waals surface area contributed by atoms with Crippen LogP contribution in [0.1, 0.15) is 40.2 Å². The summed E-state index contributed by atoms with van der Waals surface area (Å²) in [4.78, 5) is 19.5. The topological polar surface area (TPSA) is 38.1 Å². The Morgan fingerprint density at radius 2 is 1.85 bits per heavy atom. The summed E-state index contributed by atoms with van der Waals surface area (Å²) >= 11 is 5.96. The van der Waals surface area contributed by atoms with Crippen molar-refractivity contribution in [3.63, 3.8) is 0 Å². The molecule has 0 radical (unpaired) electrons. The number of carbonyl (C=O) groups is 1. The van der Waals surface area contributed by atoms with E-state index in [9.17, 15) is 4.79 Å². The first kappa shape index (κ1) is 17.8. The fourth-order valence-corrected chi connectivity index (χ4v) is 3.32. The highest BCUT2D eigenvalue weighted by Crippen LogP contribution is 2.30. The first-order chi connectivity index (χ1) is 13.1. The Balaban J connectivity index is 1.53. The van der Waals surface area contributed by atoms with E-state index in [4.69, 9.17) is 11.6 Å². The van der Waals surface area contributed by atoms with Gasteiger partial charge >= 0.3 is 0 Å². The molecular formula is C22H22ClN3O. The third-order valence-electron chi connectivity index (χ3n) is 4.93. The Labute approximate surface area is 164 Å². The fourth-order valence-electron chi connectivity index (χ4n) is 3.19. The molecule has 2 aromatic carbocycles. The normalized spacial score (nSPS) is 13.6. The van der Waals surface area contributed by atoms with Gasteiger partial charge in [0.15, 0.2) is 0 Å². The lowest BCUT2D eigenvalue weighted by Gasteiger charge is -2.23. The van der Waals surface area contributed by atoms with Crippen LogP contribution in [0.25, 0.3) is 0 Å². The zero-order valence-corrected chi connectivity index (χ0v) is 16.1. The van der Waals surface area contributed by atoms with Crippen molar-refractivity contribution in [2.45, 2.75) is 38.9 Å². The number of benzene rings is 2. The maximum Gasteiger partial charge on any atom is 0.254 e. The monoisotopic (exact) mass is 379 g/mol. The Hall–Kier alpha value is -2.59. The summed E-state index contributed by atoms with van der Waals surface area (Å²) in [6.07, 6.45) is 5.89. The van der Waals surface area contributed by atoms with Gasteiger partial charge in [0.1, 0.15) is 5.82 Å². The maximum atomic E-state index is 13.0. The van der Waals surface area contributed by atoms with Crippen LogP contribution in [0.15, 0.2) is 60.9 Å². The van der Waals surface area contributed by atoms with E-state index in [1.54, 1.807) is 30.5 Å². The van der Waals surface area contributed by atoms with Crippen molar-refractivity contribution in [3.8, 4) is 0 Å². The van der Waals surface area contributed by atoms with Crippen molar-refractivity contribution >= 4 is 17.5 Å². The van der Waals surface area contributed by atoms with Gasteiger partial charge in [-0.3, -0.25) is 4.79 Å². The van der Waals surface area contributed by atoms with Crippen molar-refractivity contribution < 1.29 is 4.79 Å². The van der Waals surface area contributed by atoms with Crippen LogP contribution in [0, 0.1) is 6.92 Å². The number of hydrogen-bond donors (Lipinski definition) is 0. The minimum absolute atomic E-state index is 0.0408. The van der Waals surface area contributed by atoms with Gasteiger partial charge in [-0.1, -0.05) is 41.4 Å². The average Bonchev–Trinajstić information content (AvgIpc) is 3.42. The highest BCUT2D eigenvalue weighted by Gasteiger charge is 2.33. The molecule has 1 aliphatic rings. The van der Waals surface area contributed by atoms with Crippen LogP contribution >= 0.6 is 11.6 Å². The fraction of sp³-hybridized carbons (Fsp3) is 0.273. The minimum atomic E-state index is 0.0408. The van der Waals surface area contributed by atoms with Crippen LogP contribution in [0.5, 0.6) is 0 Å². The number of amides is 1. The summed E-state index contributed by atoms with van der Waals surface area (Å²) in [7, 11) is 0. The third-order valence-corrected chi connectivity index (χ3v) is 5.18. The van der Waals surface area contributed by atoms with E-state index in [-0.39, 0.29) is 5.91 Å². The molecule has 0 bridgehead atoms. The molecular weight excluding hydrogens is 358 g/mol. The number of nitrogens with zero attached hydrogens (tertiary/aromatic N) is 3. The lowest BCUT2D eigenvalue weighted by Crippen LogP contribution is -2.33. The smallest absolute Gasteiger partial charge is 0.254 e. The first-order valence-corrected chi connectivity index (χ1v) is 9.60. The molecule has 1 saturated carbocycles. The highest BCUT2D eigenvalue weighted by atomic mass is 35.5. The molecule has 1 aliphatic carbocycles. The van der Waals surface area contributed by atoms with Gasteiger partial charge in [0.2, 0.25) is 0 Å². The standard InChI is InChI=1S/C22H22ClN3O/c1-16-2-4-17(5-3-16)14-25-13-12-24-21(25)15-26(20-10-11-20)22(27)18-6-8-19(23)9-7-18/h2-9,12-13,20H,10-11,14-15H2,1H3. The van der Waals surface area contributed by atoms with Crippen molar-refractivity contribution in [2.24, 2.45) is 0 Å². The zero-order valence-electron chi connectivity index (χ0n) is 15.3. The van der Waals surface area contributed by atoms with Gasteiger partial charge in [0, 0.05) is 35.6 Å². The van der Waals surface area contributed by atoms with Crippen molar-refractivity contribution in [1.29, 1.82) is 0 Å². The summed E-state index contributed by atoms with van der Waals surface area (Å²) in [6.45, 7) is 3.36. The molecule has 1 amide bonds. The van der Waals surface area contributed by atoms with E-state index in [1.807, 2.05) is 11.1 Å². The van der Waals surface area contributed by atoms with Crippen molar-refractivity contribution in [3.05, 3.63) is 88.5 Å². The molecule has 0 unspecified atom stereocenters. The van der Waals surface area contributed by atoms with Gasteiger partial charge in [-0.15, -0.1) is 0 Å². The molecule has 0 atom stereocenters. The van der Waals surface area contributed by atoms with Gasteiger partial charge in [-0.05, 0) is 49.6 Å². The summed E-state index contributed by atoms with van der Waals surface area (Å²) < 4.78 is 2.12. The van der Waals surface area contributed by atoms with Crippen LogP contribution in [0.2, 0.25) is 5.02 Å². The molecule has 1 fully saturated rings. The van der Waals surface area contributed by atoms with Gasteiger partial charge in [0.25, 0.3) is 5.91 Å². The molecule has 3 aromatic rings. The Morgan fingerprint density at radius 1 is 1.15 bits per heavy atom. The number of aromatic nitrogens is 2. The number of carbonyl (C=O) groups excluding carboxylic acids is 1. The van der Waals surface area contributed by atoms with Crippen LogP contribution < -0.4 is 0 Å². The first-order valence-electron chi connectivity index (χ1n) is 9.22. The molecule has 0 spiro atoms. The number of halogens is 1. The Bertz CT molecular complexity index is 927. The third kappa shape index (κ3) is 4.22. The SMILES string of the molecule is Cc1ccc(Cn2ccnc2CN(C(=O)c2ccc(Cl)cc2)C2CC2)cc1. The lowest BCUT2D eigenvalue weighted by atomic mass is 10.1. The van der Waals surface area contributed by atoms with E-state index in [2.05, 4.69) is 40.7 Å². The molecule has 4 rings (SSSR count). The van der Waals surface area contributed by atoms with E-state index in [0.29, 0.717) is 23.2 Å². The second-order valence-electron chi connectivity index (χ2n) is 7.13. The molecule has 5 heteroatoms. The Morgan fingerprint density at radius 3 is 2.52 bits per heavy atom. The highest BCUT2D eigenvalue weighted by molar-refractivity contribution is 6.30. The Kier molecular flexibility index (Phi) is 4.99. The summed E-state index contributed by atoms with van der Waals surface area (Å²) in [5.41, 5.74) is 3.14. The molecule has 0 N–H and O–H groups in total. The van der Waals surface area contributed by atoms with Crippen LogP contribution in [0.4, 0.5) is 0 Å². The van der Waals surface area contributed by atoms with Gasteiger partial charge in [0.05, 0.1) is 6.54 Å². The molecule has 0 aliphatic heterocycles. The zero-order chi connectivity index (χ0) is 18.8. The van der Waals surface area contributed by atoms with Gasteiger partial charge in [-0.2, -0.15) is 0 Å². The van der Waals surface area contributed by atoms with E-state index >= 15 is 0 Å². The number of rotatable bonds is 6. The van der Waals surface area contributed by atoms with Crippen LogP contribution in [0.3, 0.4) is 0 Å².